The number of halogens is 1. The van der Waals surface area contributed by atoms with Gasteiger partial charge in [-0.2, -0.15) is 0 Å². The zero-order valence-electron chi connectivity index (χ0n) is 16.2. The van der Waals surface area contributed by atoms with Crippen molar-refractivity contribution in [3.8, 4) is 11.3 Å². The van der Waals surface area contributed by atoms with Crippen molar-refractivity contribution in [2.45, 2.75) is 13.5 Å². The minimum absolute atomic E-state index is 0.00418. The van der Waals surface area contributed by atoms with Gasteiger partial charge in [0.15, 0.2) is 0 Å². The second kappa shape index (κ2) is 8.52. The summed E-state index contributed by atoms with van der Waals surface area (Å²) in [4.78, 5) is 37.2. The molecule has 31 heavy (non-hydrogen) atoms. The van der Waals surface area contributed by atoms with Crippen molar-refractivity contribution in [1.29, 1.82) is 0 Å². The summed E-state index contributed by atoms with van der Waals surface area (Å²) >= 11 is 4.21. The number of benzene rings is 2. The van der Waals surface area contributed by atoms with Crippen LogP contribution in [0.15, 0.2) is 68.4 Å². The number of aryl methyl sites for hydroxylation is 1. The van der Waals surface area contributed by atoms with E-state index in [1.54, 1.807) is 31.2 Å². The Morgan fingerprint density at radius 3 is 2.58 bits per heavy atom. The minimum Gasteiger partial charge on any atom is -0.457 e. The number of imide groups is 1. The molecule has 0 radical (unpaired) electrons. The highest BCUT2D eigenvalue weighted by molar-refractivity contribution is 9.10. The second-order valence-electron chi connectivity index (χ2n) is 6.85. The smallest absolute Gasteiger partial charge is 0.293 e. The predicted octanol–water partition coefficient (Wildman–Crippen LogP) is 6.16. The lowest BCUT2D eigenvalue weighted by Crippen LogP contribution is -2.27. The fourth-order valence-corrected chi connectivity index (χ4v) is 4.17. The molecule has 156 valence electrons. The molecular weight excluding hydrogens is 484 g/mol. The number of furan rings is 1. The maximum atomic E-state index is 12.7. The molecule has 2 amide bonds. The molecule has 2 aromatic carbocycles. The Morgan fingerprint density at radius 2 is 1.87 bits per heavy atom. The highest BCUT2D eigenvalue weighted by Gasteiger charge is 2.35. The first kappa shape index (κ1) is 21.1. The molecule has 0 unspecified atom stereocenters. The number of rotatable bonds is 5. The van der Waals surface area contributed by atoms with Gasteiger partial charge in [0.1, 0.15) is 11.5 Å². The van der Waals surface area contributed by atoms with Gasteiger partial charge in [-0.1, -0.05) is 40.2 Å². The SMILES string of the molecule is Cc1ccc(-c2ccc(/C=C3\SC(=O)N(Cc4ccc(Br)cc4)C3=O)o2)cc1[N+](=O)[O-]. The fourth-order valence-electron chi connectivity index (χ4n) is 3.08. The highest BCUT2D eigenvalue weighted by Crippen LogP contribution is 2.35. The molecular formula is C22H15BrN2O5S. The summed E-state index contributed by atoms with van der Waals surface area (Å²) in [5, 5.41) is 10.8. The summed E-state index contributed by atoms with van der Waals surface area (Å²) in [6, 6.07) is 15.6. The fraction of sp³-hybridized carbons (Fsp3) is 0.0909. The van der Waals surface area contributed by atoms with Gasteiger partial charge in [0.25, 0.3) is 16.8 Å². The number of nitrogens with zero attached hydrogens (tertiary/aromatic N) is 2. The Morgan fingerprint density at radius 1 is 1.13 bits per heavy atom. The molecule has 0 atom stereocenters. The van der Waals surface area contributed by atoms with Crippen molar-refractivity contribution < 1.29 is 18.9 Å². The van der Waals surface area contributed by atoms with E-state index >= 15 is 0 Å². The quantitative estimate of drug-likeness (QED) is 0.237. The third-order valence-corrected chi connectivity index (χ3v) is 6.15. The highest BCUT2D eigenvalue weighted by atomic mass is 79.9. The lowest BCUT2D eigenvalue weighted by molar-refractivity contribution is -0.385. The van der Waals surface area contributed by atoms with Crippen LogP contribution in [0, 0.1) is 17.0 Å². The molecule has 1 aromatic heterocycles. The summed E-state index contributed by atoms with van der Waals surface area (Å²) < 4.78 is 6.67. The lowest BCUT2D eigenvalue weighted by Gasteiger charge is -2.12. The lowest BCUT2D eigenvalue weighted by atomic mass is 10.1. The zero-order chi connectivity index (χ0) is 22.1. The Bertz CT molecular complexity index is 1230. The van der Waals surface area contributed by atoms with Gasteiger partial charge in [-0.25, -0.2) is 0 Å². The third-order valence-electron chi connectivity index (χ3n) is 4.72. The van der Waals surface area contributed by atoms with Gasteiger partial charge in [0.2, 0.25) is 0 Å². The molecule has 1 aliphatic rings. The Kier molecular flexibility index (Phi) is 5.79. The van der Waals surface area contributed by atoms with Gasteiger partial charge in [-0.3, -0.25) is 24.6 Å². The van der Waals surface area contributed by atoms with Crippen LogP contribution >= 0.6 is 27.7 Å². The maximum absolute atomic E-state index is 12.7. The maximum Gasteiger partial charge on any atom is 0.293 e. The summed E-state index contributed by atoms with van der Waals surface area (Å²) in [7, 11) is 0. The second-order valence-corrected chi connectivity index (χ2v) is 8.76. The molecule has 0 N–H and O–H groups in total. The molecule has 4 rings (SSSR count). The van der Waals surface area contributed by atoms with Crippen LogP contribution in [0.25, 0.3) is 17.4 Å². The van der Waals surface area contributed by atoms with E-state index in [1.807, 2.05) is 24.3 Å². The van der Waals surface area contributed by atoms with Crippen molar-refractivity contribution in [2.75, 3.05) is 0 Å². The Hall–Kier alpha value is -3.17. The number of carbonyl (C=O) groups is 2. The number of nitro benzene ring substituents is 1. The van der Waals surface area contributed by atoms with Crippen molar-refractivity contribution in [3.05, 3.63) is 91.0 Å². The van der Waals surface area contributed by atoms with Gasteiger partial charge >= 0.3 is 0 Å². The number of nitro groups is 1. The molecule has 0 bridgehead atoms. The van der Waals surface area contributed by atoms with Crippen LogP contribution < -0.4 is 0 Å². The molecule has 1 saturated heterocycles. The van der Waals surface area contributed by atoms with Crippen molar-refractivity contribution in [2.24, 2.45) is 0 Å². The predicted molar refractivity (Wildman–Crippen MR) is 121 cm³/mol. The van der Waals surface area contributed by atoms with E-state index in [1.165, 1.54) is 17.0 Å². The standard InChI is InChI=1S/C22H15BrN2O5S/c1-13-2-5-15(10-18(13)25(28)29)19-9-8-17(30-19)11-20-21(26)24(22(27)31-20)12-14-3-6-16(23)7-4-14/h2-11H,12H2,1H3/b20-11-. The number of carbonyl (C=O) groups excluding carboxylic acids is 2. The summed E-state index contributed by atoms with van der Waals surface area (Å²) in [5.74, 6) is 0.428. The van der Waals surface area contributed by atoms with Gasteiger partial charge in [0, 0.05) is 27.7 Å². The van der Waals surface area contributed by atoms with E-state index in [0.29, 0.717) is 22.6 Å². The summed E-state index contributed by atoms with van der Waals surface area (Å²) in [6.07, 6.45) is 1.51. The van der Waals surface area contributed by atoms with E-state index in [9.17, 15) is 19.7 Å². The molecule has 0 saturated carbocycles. The van der Waals surface area contributed by atoms with Crippen molar-refractivity contribution in [1.82, 2.24) is 4.90 Å². The van der Waals surface area contributed by atoms with Gasteiger partial charge in [0.05, 0.1) is 16.4 Å². The van der Waals surface area contributed by atoms with Gasteiger partial charge in [-0.05, 0) is 48.5 Å². The van der Waals surface area contributed by atoms with Crippen LogP contribution in [-0.4, -0.2) is 21.0 Å². The molecule has 9 heteroatoms. The van der Waals surface area contributed by atoms with Crippen LogP contribution in [0.4, 0.5) is 10.5 Å². The first-order valence-electron chi connectivity index (χ1n) is 9.17. The van der Waals surface area contributed by atoms with Crippen LogP contribution in [0.5, 0.6) is 0 Å². The zero-order valence-corrected chi connectivity index (χ0v) is 18.6. The third kappa shape index (κ3) is 4.47. The largest absolute Gasteiger partial charge is 0.457 e. The number of amides is 2. The van der Waals surface area contributed by atoms with Crippen LogP contribution in [0.3, 0.4) is 0 Å². The van der Waals surface area contributed by atoms with E-state index in [2.05, 4.69) is 15.9 Å². The summed E-state index contributed by atoms with van der Waals surface area (Å²) in [5.41, 5.74) is 1.96. The van der Waals surface area contributed by atoms with Crippen LogP contribution in [-0.2, 0) is 11.3 Å². The number of thioether (sulfide) groups is 1. The molecule has 7 nitrogen and oxygen atoms in total. The van der Waals surface area contributed by atoms with Crippen molar-refractivity contribution in [3.63, 3.8) is 0 Å². The normalized spacial score (nSPS) is 15.2. The number of hydrogen-bond acceptors (Lipinski definition) is 6. The average molecular weight is 499 g/mol. The molecule has 2 heterocycles. The average Bonchev–Trinajstić information content (AvgIpc) is 3.30. The van der Waals surface area contributed by atoms with Crippen molar-refractivity contribution >= 4 is 50.6 Å². The molecule has 3 aromatic rings. The minimum atomic E-state index is -0.440. The van der Waals surface area contributed by atoms with Crippen LogP contribution in [0.2, 0.25) is 0 Å². The van der Waals surface area contributed by atoms with E-state index in [-0.39, 0.29) is 28.3 Å². The molecule has 1 fully saturated rings. The van der Waals surface area contributed by atoms with E-state index in [0.717, 1.165) is 21.8 Å². The monoisotopic (exact) mass is 498 g/mol. The van der Waals surface area contributed by atoms with E-state index < -0.39 is 4.92 Å². The first-order chi connectivity index (χ1) is 14.8. The van der Waals surface area contributed by atoms with E-state index in [4.69, 9.17) is 4.42 Å². The first-order valence-corrected chi connectivity index (χ1v) is 10.8. The Labute approximate surface area is 190 Å². The molecule has 0 aliphatic carbocycles. The van der Waals surface area contributed by atoms with Crippen LogP contribution in [0.1, 0.15) is 16.9 Å². The Balaban J connectivity index is 1.55. The van der Waals surface area contributed by atoms with Gasteiger partial charge in [-0.15, -0.1) is 0 Å². The van der Waals surface area contributed by atoms with Gasteiger partial charge < -0.3 is 4.42 Å². The topological polar surface area (TPSA) is 93.7 Å². The summed E-state index contributed by atoms with van der Waals surface area (Å²) in [6.45, 7) is 1.85. The number of hydrogen-bond donors (Lipinski definition) is 0. The molecule has 1 aliphatic heterocycles. The molecule has 0 spiro atoms.